The minimum absolute atomic E-state index is 0.673. The standard InChI is InChI=1S/C15H15NO2/c1-3-11-4-6-14-13(9-11)10(2)8-12(16-14)5-7-15(17)18/h4-9H,3H2,1-2H3,(H,17,18)/b7-5+. The van der Waals surface area contributed by atoms with Gasteiger partial charge in [0.05, 0.1) is 11.2 Å². The third-order valence-electron chi connectivity index (χ3n) is 2.90. The Morgan fingerprint density at radius 1 is 1.39 bits per heavy atom. The van der Waals surface area contributed by atoms with Gasteiger partial charge in [0, 0.05) is 11.5 Å². The Labute approximate surface area is 106 Å². The quantitative estimate of drug-likeness (QED) is 0.839. The molecular weight excluding hydrogens is 226 g/mol. The first-order valence-corrected chi connectivity index (χ1v) is 5.91. The largest absolute Gasteiger partial charge is 0.478 e. The average molecular weight is 241 g/mol. The Morgan fingerprint density at radius 2 is 2.17 bits per heavy atom. The van der Waals surface area contributed by atoms with Gasteiger partial charge < -0.3 is 5.11 Å². The lowest BCUT2D eigenvalue weighted by Gasteiger charge is -2.05. The lowest BCUT2D eigenvalue weighted by molar-refractivity contribution is -0.131. The predicted molar refractivity (Wildman–Crippen MR) is 72.5 cm³/mol. The molecule has 1 heterocycles. The lowest BCUT2D eigenvalue weighted by atomic mass is 10.0. The number of benzene rings is 1. The van der Waals surface area contributed by atoms with E-state index >= 15 is 0 Å². The van der Waals surface area contributed by atoms with Gasteiger partial charge in [0.15, 0.2) is 0 Å². The zero-order chi connectivity index (χ0) is 13.1. The zero-order valence-electron chi connectivity index (χ0n) is 10.5. The maximum Gasteiger partial charge on any atom is 0.328 e. The monoisotopic (exact) mass is 241 g/mol. The fourth-order valence-electron chi connectivity index (χ4n) is 1.93. The van der Waals surface area contributed by atoms with Crippen LogP contribution in [0.3, 0.4) is 0 Å². The van der Waals surface area contributed by atoms with Gasteiger partial charge in [-0.15, -0.1) is 0 Å². The van der Waals surface area contributed by atoms with Crippen molar-refractivity contribution in [1.29, 1.82) is 0 Å². The maximum atomic E-state index is 10.5. The Kier molecular flexibility index (Phi) is 3.42. The normalized spacial score (nSPS) is 11.2. The maximum absolute atomic E-state index is 10.5. The Balaban J connectivity index is 2.53. The van der Waals surface area contributed by atoms with Gasteiger partial charge in [-0.2, -0.15) is 0 Å². The summed E-state index contributed by atoms with van der Waals surface area (Å²) in [4.78, 5) is 14.9. The molecule has 0 aliphatic carbocycles. The van der Waals surface area contributed by atoms with Crippen molar-refractivity contribution in [1.82, 2.24) is 4.98 Å². The number of carbonyl (C=O) groups is 1. The van der Waals surface area contributed by atoms with E-state index < -0.39 is 5.97 Å². The molecular formula is C15H15NO2. The molecule has 2 rings (SSSR count). The summed E-state index contributed by atoms with van der Waals surface area (Å²) in [5.74, 6) is -0.962. The van der Waals surface area contributed by atoms with Gasteiger partial charge in [-0.3, -0.25) is 0 Å². The summed E-state index contributed by atoms with van der Waals surface area (Å²) in [6.45, 7) is 4.13. The Morgan fingerprint density at radius 3 is 2.83 bits per heavy atom. The third-order valence-corrected chi connectivity index (χ3v) is 2.90. The molecule has 3 heteroatoms. The number of aryl methyl sites for hydroxylation is 2. The highest BCUT2D eigenvalue weighted by molar-refractivity contribution is 5.87. The topological polar surface area (TPSA) is 50.2 Å². The number of hydrogen-bond acceptors (Lipinski definition) is 2. The summed E-state index contributed by atoms with van der Waals surface area (Å²) in [5, 5.41) is 9.74. The molecule has 0 saturated carbocycles. The van der Waals surface area contributed by atoms with Crippen LogP contribution in [0.5, 0.6) is 0 Å². The van der Waals surface area contributed by atoms with Crippen molar-refractivity contribution in [3.8, 4) is 0 Å². The average Bonchev–Trinajstić information content (AvgIpc) is 2.36. The van der Waals surface area contributed by atoms with E-state index in [1.165, 1.54) is 11.6 Å². The van der Waals surface area contributed by atoms with Crippen LogP contribution in [0.15, 0.2) is 30.3 Å². The van der Waals surface area contributed by atoms with Crippen molar-refractivity contribution in [2.45, 2.75) is 20.3 Å². The molecule has 0 fully saturated rings. The fourth-order valence-corrected chi connectivity index (χ4v) is 1.93. The second kappa shape index (κ2) is 5.00. The number of nitrogens with zero attached hydrogens (tertiary/aromatic N) is 1. The molecule has 0 spiro atoms. The number of carboxylic acid groups (broad SMARTS) is 1. The summed E-state index contributed by atoms with van der Waals surface area (Å²) in [6, 6.07) is 8.09. The number of rotatable bonds is 3. The smallest absolute Gasteiger partial charge is 0.328 e. The van der Waals surface area contributed by atoms with E-state index in [1.807, 2.05) is 19.1 Å². The lowest BCUT2D eigenvalue weighted by Crippen LogP contribution is -1.91. The van der Waals surface area contributed by atoms with Gasteiger partial charge in [-0.05, 0) is 48.7 Å². The van der Waals surface area contributed by atoms with E-state index in [0.717, 1.165) is 29.0 Å². The highest BCUT2D eigenvalue weighted by Gasteiger charge is 2.02. The van der Waals surface area contributed by atoms with Gasteiger partial charge in [-0.1, -0.05) is 13.0 Å². The number of aliphatic carboxylic acids is 1. The van der Waals surface area contributed by atoms with Crippen LogP contribution in [0.4, 0.5) is 0 Å². The predicted octanol–water partition coefficient (Wildman–Crippen LogP) is 3.20. The highest BCUT2D eigenvalue weighted by atomic mass is 16.4. The Bertz CT molecular complexity index is 630. The second-order valence-corrected chi connectivity index (χ2v) is 4.24. The molecule has 0 atom stereocenters. The summed E-state index contributed by atoms with van der Waals surface area (Å²) < 4.78 is 0. The van der Waals surface area contributed by atoms with Gasteiger partial charge in [-0.25, -0.2) is 9.78 Å². The number of aromatic nitrogens is 1. The minimum atomic E-state index is -0.962. The summed E-state index contributed by atoms with van der Waals surface area (Å²) >= 11 is 0. The summed E-state index contributed by atoms with van der Waals surface area (Å²) in [6.07, 6.45) is 3.62. The third kappa shape index (κ3) is 2.56. The number of fused-ring (bicyclic) bond motifs is 1. The van der Waals surface area contributed by atoms with Crippen LogP contribution in [0.25, 0.3) is 17.0 Å². The van der Waals surface area contributed by atoms with Gasteiger partial charge in [0.2, 0.25) is 0 Å². The van der Waals surface area contributed by atoms with E-state index in [1.54, 1.807) is 0 Å². The van der Waals surface area contributed by atoms with Crippen molar-refractivity contribution in [2.24, 2.45) is 0 Å². The molecule has 0 bridgehead atoms. The van der Waals surface area contributed by atoms with Crippen molar-refractivity contribution in [2.75, 3.05) is 0 Å². The van der Waals surface area contributed by atoms with E-state index in [4.69, 9.17) is 5.11 Å². The first-order valence-electron chi connectivity index (χ1n) is 5.91. The SMILES string of the molecule is CCc1ccc2nc(/C=C/C(=O)O)cc(C)c2c1. The first-order chi connectivity index (χ1) is 8.60. The molecule has 0 radical (unpaired) electrons. The molecule has 1 aromatic carbocycles. The van der Waals surface area contributed by atoms with Crippen molar-refractivity contribution >= 4 is 22.9 Å². The fraction of sp³-hybridized carbons (Fsp3) is 0.200. The summed E-state index contributed by atoms with van der Waals surface area (Å²) in [7, 11) is 0. The van der Waals surface area contributed by atoms with Crippen molar-refractivity contribution in [3.05, 3.63) is 47.2 Å². The molecule has 18 heavy (non-hydrogen) atoms. The first kappa shape index (κ1) is 12.3. The molecule has 3 nitrogen and oxygen atoms in total. The van der Waals surface area contributed by atoms with Crippen LogP contribution in [0, 0.1) is 6.92 Å². The molecule has 1 N–H and O–H groups in total. The number of hydrogen-bond donors (Lipinski definition) is 1. The van der Waals surface area contributed by atoms with Crippen LogP contribution in [-0.2, 0) is 11.2 Å². The number of pyridine rings is 1. The minimum Gasteiger partial charge on any atom is -0.478 e. The van der Waals surface area contributed by atoms with E-state index in [0.29, 0.717) is 5.69 Å². The van der Waals surface area contributed by atoms with Gasteiger partial charge in [0.25, 0.3) is 0 Å². The van der Waals surface area contributed by atoms with E-state index in [-0.39, 0.29) is 0 Å². The molecule has 0 aliphatic heterocycles. The molecule has 0 aliphatic rings. The molecule has 0 amide bonds. The molecule has 2 aromatic rings. The van der Waals surface area contributed by atoms with Crippen molar-refractivity contribution in [3.63, 3.8) is 0 Å². The van der Waals surface area contributed by atoms with Crippen LogP contribution >= 0.6 is 0 Å². The summed E-state index contributed by atoms with van der Waals surface area (Å²) in [5.41, 5.74) is 3.96. The Hall–Kier alpha value is -2.16. The molecule has 0 unspecified atom stereocenters. The van der Waals surface area contributed by atoms with Crippen LogP contribution in [0.2, 0.25) is 0 Å². The van der Waals surface area contributed by atoms with Crippen LogP contribution < -0.4 is 0 Å². The van der Waals surface area contributed by atoms with Crippen LogP contribution in [0.1, 0.15) is 23.7 Å². The molecule has 0 saturated heterocycles. The van der Waals surface area contributed by atoms with Gasteiger partial charge in [0.1, 0.15) is 0 Å². The zero-order valence-corrected chi connectivity index (χ0v) is 10.5. The van der Waals surface area contributed by atoms with Crippen molar-refractivity contribution < 1.29 is 9.90 Å². The van der Waals surface area contributed by atoms with Crippen LogP contribution in [-0.4, -0.2) is 16.1 Å². The highest BCUT2D eigenvalue weighted by Crippen LogP contribution is 2.20. The number of carboxylic acids is 1. The second-order valence-electron chi connectivity index (χ2n) is 4.24. The molecule has 92 valence electrons. The van der Waals surface area contributed by atoms with E-state index in [2.05, 4.69) is 24.0 Å². The van der Waals surface area contributed by atoms with E-state index in [9.17, 15) is 4.79 Å². The molecule has 1 aromatic heterocycles. The van der Waals surface area contributed by atoms with Gasteiger partial charge >= 0.3 is 5.97 Å².